The van der Waals surface area contributed by atoms with E-state index in [0.717, 1.165) is 24.0 Å². The molecular weight excluding hydrogens is 364 g/mol. The van der Waals surface area contributed by atoms with Gasteiger partial charge in [0.25, 0.3) is 0 Å². The van der Waals surface area contributed by atoms with E-state index in [1.807, 2.05) is 67.6 Å². The molecule has 1 aliphatic carbocycles. The Morgan fingerprint density at radius 3 is 2.10 bits per heavy atom. The first-order valence-electron chi connectivity index (χ1n) is 10.2. The van der Waals surface area contributed by atoms with E-state index in [4.69, 9.17) is 4.42 Å². The van der Waals surface area contributed by atoms with E-state index in [1.54, 1.807) is 0 Å². The number of hydrogen-bond acceptors (Lipinski definition) is 4. The average molecular weight is 390 g/mol. The van der Waals surface area contributed by atoms with Gasteiger partial charge in [-0.3, -0.25) is 0 Å². The lowest BCUT2D eigenvalue weighted by Crippen LogP contribution is -2.19. The molecule has 3 aromatic rings. The highest BCUT2D eigenvalue weighted by atomic mass is 16.4. The molecule has 4 nitrogen and oxygen atoms in total. The second-order valence-corrected chi connectivity index (χ2v) is 7.83. The quantitative estimate of drug-likeness (QED) is 0.588. The minimum Gasteiger partial charge on any atom is -0.507 e. The summed E-state index contributed by atoms with van der Waals surface area (Å²) in [5.74, 6) is 0.0316. The van der Waals surface area contributed by atoms with Crippen molar-refractivity contribution < 1.29 is 14.6 Å². The second-order valence-electron chi connectivity index (χ2n) is 7.83. The fourth-order valence-electron chi connectivity index (χ4n) is 4.20. The third-order valence-electron chi connectivity index (χ3n) is 5.88. The van der Waals surface area contributed by atoms with Crippen molar-refractivity contribution >= 4 is 0 Å². The Hall–Kier alpha value is -2.85. The number of aliphatic hydroxyl groups is 1. The van der Waals surface area contributed by atoms with Crippen LogP contribution in [0.15, 0.2) is 75.9 Å². The van der Waals surface area contributed by atoms with E-state index < -0.39 is 17.6 Å². The van der Waals surface area contributed by atoms with Gasteiger partial charge in [0, 0.05) is 17.9 Å². The molecule has 150 valence electrons. The van der Waals surface area contributed by atoms with Gasteiger partial charge in [-0.05, 0) is 36.3 Å². The van der Waals surface area contributed by atoms with Gasteiger partial charge < -0.3 is 14.6 Å². The first kappa shape index (κ1) is 19.5. The Bertz CT molecular complexity index is 1010. The van der Waals surface area contributed by atoms with Crippen molar-refractivity contribution in [1.29, 1.82) is 0 Å². The molecule has 0 aliphatic heterocycles. The number of aromatic hydroxyl groups is 1. The van der Waals surface area contributed by atoms with E-state index in [-0.39, 0.29) is 11.7 Å². The molecule has 2 aromatic carbocycles. The molecule has 0 saturated heterocycles. The van der Waals surface area contributed by atoms with Crippen molar-refractivity contribution in [2.75, 3.05) is 0 Å². The summed E-state index contributed by atoms with van der Waals surface area (Å²) in [4.78, 5) is 13.0. The van der Waals surface area contributed by atoms with Crippen LogP contribution < -0.4 is 5.63 Å². The fourth-order valence-corrected chi connectivity index (χ4v) is 4.20. The Labute approximate surface area is 170 Å². The third kappa shape index (κ3) is 3.99. The van der Waals surface area contributed by atoms with Crippen LogP contribution in [-0.4, -0.2) is 10.2 Å². The Morgan fingerprint density at radius 2 is 1.59 bits per heavy atom. The number of hydrogen-bond donors (Lipinski definition) is 2. The number of benzene rings is 2. The molecule has 1 aliphatic rings. The summed E-state index contributed by atoms with van der Waals surface area (Å²) in [7, 11) is 0. The van der Waals surface area contributed by atoms with Gasteiger partial charge in [-0.2, -0.15) is 0 Å². The summed E-state index contributed by atoms with van der Waals surface area (Å²) < 4.78 is 5.69. The Kier molecular flexibility index (Phi) is 5.54. The highest BCUT2D eigenvalue weighted by Gasteiger charge is 2.37. The summed E-state index contributed by atoms with van der Waals surface area (Å²) in [6.45, 7) is 1.93. The minimum atomic E-state index is -0.817. The van der Waals surface area contributed by atoms with Crippen LogP contribution in [0.5, 0.6) is 5.75 Å². The molecule has 4 heteroatoms. The Morgan fingerprint density at radius 1 is 1.00 bits per heavy atom. The standard InChI is InChI=1S/C25H26O4/c1-2-19(24(27)18-11-7-4-8-12-18)21-15-20(26)23(25(28)29-21)22(17-13-14-17)16-9-5-3-6-10-16/h3-12,15,17,19,22,24,26-27H,2,13-14H2,1H3/t19-,22+,24+/m0/s1. The maximum atomic E-state index is 13.0. The predicted octanol–water partition coefficient (Wildman–Crippen LogP) is 5.11. The summed E-state index contributed by atoms with van der Waals surface area (Å²) in [6.07, 6.45) is 1.82. The van der Waals surface area contributed by atoms with Crippen molar-refractivity contribution in [2.24, 2.45) is 5.92 Å². The van der Waals surface area contributed by atoms with Crippen LogP contribution in [0.4, 0.5) is 0 Å². The molecule has 1 heterocycles. The average Bonchev–Trinajstić information content (AvgIpc) is 3.57. The van der Waals surface area contributed by atoms with E-state index in [9.17, 15) is 15.0 Å². The molecule has 0 bridgehead atoms. The fraction of sp³-hybridized carbons (Fsp3) is 0.320. The number of aliphatic hydroxyl groups excluding tert-OH is 1. The molecule has 3 atom stereocenters. The zero-order valence-electron chi connectivity index (χ0n) is 16.5. The van der Waals surface area contributed by atoms with Gasteiger partial charge in [0.05, 0.1) is 11.7 Å². The minimum absolute atomic E-state index is 0.0456. The van der Waals surface area contributed by atoms with E-state index in [0.29, 0.717) is 23.7 Å². The molecule has 2 N–H and O–H groups in total. The van der Waals surface area contributed by atoms with E-state index >= 15 is 0 Å². The van der Waals surface area contributed by atoms with E-state index in [1.165, 1.54) is 6.07 Å². The van der Waals surface area contributed by atoms with Crippen molar-refractivity contribution in [3.8, 4) is 5.75 Å². The maximum Gasteiger partial charge on any atom is 0.343 e. The van der Waals surface area contributed by atoms with Crippen LogP contribution in [-0.2, 0) is 0 Å². The molecule has 1 saturated carbocycles. The molecule has 0 spiro atoms. The van der Waals surface area contributed by atoms with Gasteiger partial charge in [-0.1, -0.05) is 67.6 Å². The molecular formula is C25H26O4. The van der Waals surface area contributed by atoms with Gasteiger partial charge in [0.15, 0.2) is 0 Å². The predicted molar refractivity (Wildman–Crippen MR) is 112 cm³/mol. The molecule has 0 unspecified atom stereocenters. The molecule has 4 rings (SSSR count). The van der Waals surface area contributed by atoms with Crippen molar-refractivity contribution in [2.45, 2.75) is 44.1 Å². The molecule has 1 fully saturated rings. The van der Waals surface area contributed by atoms with Gasteiger partial charge in [0.1, 0.15) is 11.5 Å². The lowest BCUT2D eigenvalue weighted by molar-refractivity contribution is 0.129. The van der Waals surface area contributed by atoms with Crippen LogP contribution in [0.2, 0.25) is 0 Å². The summed E-state index contributed by atoms with van der Waals surface area (Å²) in [5.41, 5.74) is 1.58. The van der Waals surface area contributed by atoms with E-state index in [2.05, 4.69) is 0 Å². The van der Waals surface area contributed by atoms with Gasteiger partial charge in [-0.25, -0.2) is 4.79 Å². The zero-order valence-corrected chi connectivity index (χ0v) is 16.5. The smallest absolute Gasteiger partial charge is 0.343 e. The van der Waals surface area contributed by atoms with Crippen molar-refractivity contribution in [3.63, 3.8) is 0 Å². The molecule has 0 amide bonds. The Balaban J connectivity index is 1.72. The molecule has 0 radical (unpaired) electrons. The first-order chi connectivity index (χ1) is 14.1. The summed E-state index contributed by atoms with van der Waals surface area (Å²) >= 11 is 0. The monoisotopic (exact) mass is 390 g/mol. The highest BCUT2D eigenvalue weighted by Crippen LogP contribution is 2.48. The molecule has 29 heavy (non-hydrogen) atoms. The third-order valence-corrected chi connectivity index (χ3v) is 5.88. The second kappa shape index (κ2) is 8.26. The highest BCUT2D eigenvalue weighted by molar-refractivity contribution is 5.42. The lowest BCUT2D eigenvalue weighted by atomic mass is 9.86. The normalized spacial score (nSPS) is 16.9. The van der Waals surface area contributed by atoms with Gasteiger partial charge >= 0.3 is 5.63 Å². The van der Waals surface area contributed by atoms with Crippen LogP contribution in [0.1, 0.15) is 66.6 Å². The van der Waals surface area contributed by atoms with Crippen LogP contribution >= 0.6 is 0 Å². The maximum absolute atomic E-state index is 13.0. The summed E-state index contributed by atoms with van der Waals surface area (Å²) in [5, 5.41) is 21.7. The molecule has 1 aromatic heterocycles. The van der Waals surface area contributed by atoms with Crippen molar-refractivity contribution in [1.82, 2.24) is 0 Å². The van der Waals surface area contributed by atoms with Gasteiger partial charge in [-0.15, -0.1) is 0 Å². The lowest BCUT2D eigenvalue weighted by Gasteiger charge is -2.23. The topological polar surface area (TPSA) is 70.7 Å². The summed E-state index contributed by atoms with van der Waals surface area (Å²) in [6, 6.07) is 20.6. The van der Waals surface area contributed by atoms with Gasteiger partial charge in [0.2, 0.25) is 0 Å². The zero-order chi connectivity index (χ0) is 20.4. The van der Waals surface area contributed by atoms with Crippen LogP contribution in [0.3, 0.4) is 0 Å². The van der Waals surface area contributed by atoms with Crippen molar-refractivity contribution in [3.05, 3.63) is 99.6 Å². The van der Waals surface area contributed by atoms with Crippen LogP contribution in [0, 0.1) is 5.92 Å². The largest absolute Gasteiger partial charge is 0.507 e. The number of rotatable bonds is 7. The SMILES string of the molecule is CC[C@@H](c1cc(O)c([C@H](c2ccccc2)C2CC2)c(=O)o1)[C@H](O)c1ccccc1. The first-order valence-corrected chi connectivity index (χ1v) is 10.2. The van der Waals surface area contributed by atoms with Crippen LogP contribution in [0.25, 0.3) is 0 Å².